The van der Waals surface area contributed by atoms with Crippen molar-refractivity contribution < 1.29 is 0 Å². The van der Waals surface area contributed by atoms with Gasteiger partial charge in [-0.2, -0.15) is 0 Å². The van der Waals surface area contributed by atoms with Gasteiger partial charge in [-0.15, -0.1) is 0 Å². The van der Waals surface area contributed by atoms with Crippen LogP contribution in [-0.4, -0.2) is 5.33 Å². The van der Waals surface area contributed by atoms with Crippen LogP contribution in [-0.2, 0) is 0 Å². The molecule has 74 valence electrons. The highest BCUT2D eigenvalue weighted by molar-refractivity contribution is 9.09. The Morgan fingerprint density at radius 2 is 1.92 bits per heavy atom. The molecule has 0 aromatic heterocycles. The quantitative estimate of drug-likeness (QED) is 0.589. The fraction of sp³-hybridized carbons (Fsp3) is 1.00. The molecule has 0 heterocycles. The predicted molar refractivity (Wildman–Crippen MR) is 60.9 cm³/mol. The van der Waals surface area contributed by atoms with E-state index in [1.54, 1.807) is 0 Å². The molecule has 0 aromatic rings. The molecule has 0 nitrogen and oxygen atoms in total. The molecule has 0 bridgehead atoms. The summed E-state index contributed by atoms with van der Waals surface area (Å²) in [5, 5.41) is 1.15. The van der Waals surface area contributed by atoms with Gasteiger partial charge in [-0.1, -0.05) is 56.5 Å². The number of alkyl halides is 1. The Kier molecular flexibility index (Phi) is 6.25. The highest BCUT2D eigenvalue weighted by Gasteiger charge is 2.19. The van der Waals surface area contributed by atoms with Crippen molar-refractivity contribution in [2.45, 2.75) is 53.4 Å². The highest BCUT2D eigenvalue weighted by Crippen LogP contribution is 2.30. The fourth-order valence-corrected chi connectivity index (χ4v) is 1.95. The lowest BCUT2D eigenvalue weighted by molar-refractivity contribution is 0.311. The largest absolute Gasteiger partial charge is 0.0922 e. The van der Waals surface area contributed by atoms with Gasteiger partial charge in [0.15, 0.2) is 0 Å². The SMILES string of the molecule is CCC(C)(CBr)CCCC(C)C. The maximum Gasteiger partial charge on any atom is 0.00852 e. The lowest BCUT2D eigenvalue weighted by atomic mass is 9.84. The van der Waals surface area contributed by atoms with Crippen LogP contribution < -0.4 is 0 Å². The van der Waals surface area contributed by atoms with E-state index < -0.39 is 0 Å². The van der Waals surface area contributed by atoms with Crippen LogP contribution in [0.5, 0.6) is 0 Å². The molecule has 12 heavy (non-hydrogen) atoms. The molecule has 1 unspecified atom stereocenters. The normalized spacial score (nSPS) is 16.5. The zero-order valence-corrected chi connectivity index (χ0v) is 10.6. The van der Waals surface area contributed by atoms with Gasteiger partial charge in [-0.3, -0.25) is 0 Å². The first-order chi connectivity index (χ1) is 5.54. The van der Waals surface area contributed by atoms with Crippen LogP contribution in [0.4, 0.5) is 0 Å². The predicted octanol–water partition coefficient (Wildman–Crippen LogP) is 4.62. The summed E-state index contributed by atoms with van der Waals surface area (Å²) in [6, 6.07) is 0. The van der Waals surface area contributed by atoms with E-state index in [4.69, 9.17) is 0 Å². The van der Waals surface area contributed by atoms with Crippen molar-refractivity contribution in [3.05, 3.63) is 0 Å². The second-order valence-corrected chi connectivity index (χ2v) is 5.14. The first-order valence-electron chi connectivity index (χ1n) is 5.10. The molecule has 0 aliphatic rings. The first kappa shape index (κ1) is 12.5. The average Bonchev–Trinajstić information content (AvgIpc) is 2.03. The van der Waals surface area contributed by atoms with Crippen LogP contribution in [0.15, 0.2) is 0 Å². The summed E-state index contributed by atoms with van der Waals surface area (Å²) in [6.07, 6.45) is 5.42. The summed E-state index contributed by atoms with van der Waals surface area (Å²) in [5.74, 6) is 0.862. The van der Waals surface area contributed by atoms with Crippen molar-refractivity contribution >= 4 is 15.9 Å². The van der Waals surface area contributed by atoms with Gasteiger partial charge in [0.2, 0.25) is 0 Å². The minimum Gasteiger partial charge on any atom is -0.0922 e. The summed E-state index contributed by atoms with van der Waals surface area (Å²) in [5.41, 5.74) is 0.537. The Morgan fingerprint density at radius 3 is 2.25 bits per heavy atom. The van der Waals surface area contributed by atoms with Crippen molar-refractivity contribution in [1.82, 2.24) is 0 Å². The van der Waals surface area contributed by atoms with Crippen LogP contribution in [0.25, 0.3) is 0 Å². The van der Waals surface area contributed by atoms with Crippen molar-refractivity contribution in [1.29, 1.82) is 0 Å². The lowest BCUT2D eigenvalue weighted by Gasteiger charge is -2.25. The fourth-order valence-electron chi connectivity index (χ4n) is 1.28. The number of hydrogen-bond acceptors (Lipinski definition) is 0. The molecule has 1 heteroatoms. The summed E-state index contributed by atoms with van der Waals surface area (Å²) >= 11 is 3.60. The molecule has 0 aliphatic carbocycles. The molecule has 0 aromatic carbocycles. The summed E-state index contributed by atoms with van der Waals surface area (Å²) in [6.45, 7) is 9.27. The molecule has 0 amide bonds. The second-order valence-electron chi connectivity index (χ2n) is 4.58. The van der Waals surface area contributed by atoms with Crippen LogP contribution in [0, 0.1) is 11.3 Å². The maximum absolute atomic E-state index is 3.60. The van der Waals surface area contributed by atoms with Gasteiger partial charge in [0.25, 0.3) is 0 Å². The van der Waals surface area contributed by atoms with Crippen molar-refractivity contribution in [3.63, 3.8) is 0 Å². The third-order valence-electron chi connectivity index (χ3n) is 2.74. The molecule has 0 fully saturated rings. The van der Waals surface area contributed by atoms with E-state index in [0.717, 1.165) is 11.2 Å². The molecule has 1 atom stereocenters. The van der Waals surface area contributed by atoms with Gasteiger partial charge in [0.1, 0.15) is 0 Å². The minimum absolute atomic E-state index is 0.537. The number of halogens is 1. The third-order valence-corrected chi connectivity index (χ3v) is 4.09. The van der Waals surface area contributed by atoms with Crippen LogP contribution in [0.2, 0.25) is 0 Å². The topological polar surface area (TPSA) is 0 Å². The first-order valence-corrected chi connectivity index (χ1v) is 6.22. The molecule has 0 N–H and O–H groups in total. The third kappa shape index (κ3) is 5.18. The Morgan fingerprint density at radius 1 is 1.33 bits per heavy atom. The highest BCUT2D eigenvalue weighted by atomic mass is 79.9. The van der Waals surface area contributed by atoms with Crippen molar-refractivity contribution in [3.8, 4) is 0 Å². The van der Waals surface area contributed by atoms with Crippen molar-refractivity contribution in [2.24, 2.45) is 11.3 Å². The Balaban J connectivity index is 3.58. The maximum atomic E-state index is 3.60. The average molecular weight is 235 g/mol. The molecular weight excluding hydrogens is 212 g/mol. The molecule has 0 aliphatic heterocycles. The van der Waals surface area contributed by atoms with Crippen LogP contribution in [0.3, 0.4) is 0 Å². The molecule has 0 rings (SSSR count). The van der Waals surface area contributed by atoms with E-state index in [1.807, 2.05) is 0 Å². The van der Waals surface area contributed by atoms with Gasteiger partial charge in [0, 0.05) is 5.33 Å². The molecule has 0 saturated heterocycles. The van der Waals surface area contributed by atoms with Gasteiger partial charge in [-0.05, 0) is 24.2 Å². The summed E-state index contributed by atoms with van der Waals surface area (Å²) < 4.78 is 0. The van der Waals surface area contributed by atoms with E-state index in [1.165, 1.54) is 25.7 Å². The lowest BCUT2D eigenvalue weighted by Crippen LogP contribution is -2.16. The molecule has 0 spiro atoms. The Bertz CT molecular complexity index is 104. The Labute approximate surface area is 86.3 Å². The zero-order valence-electron chi connectivity index (χ0n) is 8.99. The second kappa shape index (κ2) is 6.01. The van der Waals surface area contributed by atoms with E-state index in [2.05, 4.69) is 43.6 Å². The summed E-state index contributed by atoms with van der Waals surface area (Å²) in [7, 11) is 0. The van der Waals surface area contributed by atoms with E-state index in [0.29, 0.717) is 5.41 Å². The molecular formula is C11H23Br. The monoisotopic (exact) mass is 234 g/mol. The standard InChI is InChI=1S/C11H23Br/c1-5-11(4,9-12)8-6-7-10(2)3/h10H,5-9H2,1-4H3. The Hall–Kier alpha value is 0.480. The van der Waals surface area contributed by atoms with E-state index in [9.17, 15) is 0 Å². The van der Waals surface area contributed by atoms with E-state index >= 15 is 0 Å². The number of hydrogen-bond donors (Lipinski definition) is 0. The minimum atomic E-state index is 0.537. The van der Waals surface area contributed by atoms with Crippen LogP contribution in [0.1, 0.15) is 53.4 Å². The van der Waals surface area contributed by atoms with Gasteiger partial charge in [0.05, 0.1) is 0 Å². The van der Waals surface area contributed by atoms with Gasteiger partial charge in [-0.25, -0.2) is 0 Å². The number of rotatable bonds is 6. The zero-order chi connectivity index (χ0) is 9.61. The van der Waals surface area contributed by atoms with E-state index in [-0.39, 0.29) is 0 Å². The molecule has 0 radical (unpaired) electrons. The summed E-state index contributed by atoms with van der Waals surface area (Å²) in [4.78, 5) is 0. The van der Waals surface area contributed by atoms with Crippen molar-refractivity contribution in [2.75, 3.05) is 5.33 Å². The van der Waals surface area contributed by atoms with Gasteiger partial charge < -0.3 is 0 Å². The molecule has 0 saturated carbocycles. The van der Waals surface area contributed by atoms with Gasteiger partial charge >= 0.3 is 0 Å². The van der Waals surface area contributed by atoms with Crippen LogP contribution >= 0.6 is 15.9 Å². The smallest absolute Gasteiger partial charge is 0.00852 e.